The van der Waals surface area contributed by atoms with Crippen molar-refractivity contribution in [2.24, 2.45) is 0 Å². The van der Waals surface area contributed by atoms with Crippen molar-refractivity contribution in [3.8, 4) is 5.69 Å². The summed E-state index contributed by atoms with van der Waals surface area (Å²) in [6.45, 7) is 11.7. The molecule has 3 aromatic rings. The highest BCUT2D eigenvalue weighted by molar-refractivity contribution is 5.79. The molecule has 0 spiro atoms. The Morgan fingerprint density at radius 1 is 1.09 bits per heavy atom. The number of carbonyl (C=O) groups is 1. The molecular weight excluding hydrogens is 402 g/mol. The maximum absolute atomic E-state index is 12.8. The highest BCUT2D eigenvalue weighted by Gasteiger charge is 2.28. The lowest BCUT2D eigenvalue weighted by Crippen LogP contribution is -2.49. The van der Waals surface area contributed by atoms with E-state index in [-0.39, 0.29) is 5.91 Å². The predicted octanol–water partition coefficient (Wildman–Crippen LogP) is 2.63. The second kappa shape index (κ2) is 8.89. The molecule has 162 valence electrons. The summed E-state index contributed by atoms with van der Waals surface area (Å²) in [4.78, 5) is 20.9. The van der Waals surface area contributed by atoms with Gasteiger partial charge in [0.2, 0.25) is 5.91 Å². The second-order valence-corrected chi connectivity index (χ2v) is 8.47. The van der Waals surface area contributed by atoms with E-state index in [9.17, 15) is 4.79 Å². The Bertz CT molecular complexity index is 1130. The molecule has 2 aromatic carbocycles. The first-order valence-electron chi connectivity index (χ1n) is 11.0. The zero-order chi connectivity index (χ0) is 21.9. The van der Waals surface area contributed by atoms with Crippen molar-refractivity contribution in [3.05, 3.63) is 76.9 Å². The van der Waals surface area contributed by atoms with Gasteiger partial charge in [0.05, 0.1) is 18.7 Å². The zero-order valence-corrected chi connectivity index (χ0v) is 17.9. The molecule has 1 aliphatic heterocycles. The lowest BCUT2D eigenvalue weighted by atomic mass is 9.99. The van der Waals surface area contributed by atoms with Crippen LogP contribution in [0.5, 0.6) is 0 Å². The minimum absolute atomic E-state index is 0.174. The Balaban J connectivity index is 1.13. The summed E-state index contributed by atoms with van der Waals surface area (Å²) in [6.07, 6.45) is 4.07. The van der Waals surface area contributed by atoms with Crippen LogP contribution < -0.4 is 0 Å². The summed E-state index contributed by atoms with van der Waals surface area (Å²) in [6, 6.07) is 13.9. The van der Waals surface area contributed by atoms with E-state index in [1.165, 1.54) is 11.1 Å². The van der Waals surface area contributed by atoms with E-state index in [4.69, 9.17) is 6.57 Å². The SMILES string of the molecule is [C-]#[N+]c1cccc2c1CCC2CN1CCN(C(=O)Cc2ccc(-n3cnnn3)cc2)CC1. The van der Waals surface area contributed by atoms with Crippen molar-refractivity contribution < 1.29 is 4.79 Å². The fraction of sp³-hybridized carbons (Fsp3) is 0.375. The number of carbonyl (C=O) groups excluding carboxylic acids is 1. The largest absolute Gasteiger partial charge is 0.340 e. The van der Waals surface area contributed by atoms with Gasteiger partial charge >= 0.3 is 0 Å². The van der Waals surface area contributed by atoms with Crippen molar-refractivity contribution >= 4 is 11.6 Å². The number of hydrogen-bond acceptors (Lipinski definition) is 5. The average molecular weight is 428 g/mol. The molecular formula is C24H25N7O. The molecule has 1 aromatic heterocycles. The molecule has 1 fully saturated rings. The number of nitrogens with zero attached hydrogens (tertiary/aromatic N) is 7. The van der Waals surface area contributed by atoms with Crippen LogP contribution in [0.25, 0.3) is 10.5 Å². The number of tetrazole rings is 1. The van der Waals surface area contributed by atoms with Gasteiger partial charge in [0.1, 0.15) is 6.33 Å². The first kappa shape index (κ1) is 20.3. The Hall–Kier alpha value is -3.57. The molecule has 2 aliphatic rings. The smallest absolute Gasteiger partial charge is 0.227 e. The second-order valence-electron chi connectivity index (χ2n) is 8.47. The van der Waals surface area contributed by atoms with Gasteiger partial charge in [-0.1, -0.05) is 35.9 Å². The summed E-state index contributed by atoms with van der Waals surface area (Å²) >= 11 is 0. The standard InChI is InChI=1S/C24H25N7O/c1-25-23-4-2-3-21-19(7-10-22(21)23)16-29-11-13-30(14-12-29)24(32)15-18-5-8-20(9-6-18)31-17-26-27-28-31/h2-6,8-9,17,19H,7,10-16H2. The number of benzene rings is 2. The molecule has 0 radical (unpaired) electrons. The van der Waals surface area contributed by atoms with Crippen LogP contribution in [0.1, 0.15) is 29.0 Å². The van der Waals surface area contributed by atoms with Crippen LogP contribution in [0, 0.1) is 6.57 Å². The Kier molecular flexibility index (Phi) is 5.65. The van der Waals surface area contributed by atoms with Crippen LogP contribution in [0.15, 0.2) is 48.8 Å². The topological polar surface area (TPSA) is 71.5 Å². The molecule has 2 heterocycles. The third-order valence-electron chi connectivity index (χ3n) is 6.60. The fourth-order valence-corrected chi connectivity index (χ4v) is 4.84. The third-order valence-corrected chi connectivity index (χ3v) is 6.60. The van der Waals surface area contributed by atoms with Gasteiger partial charge in [0, 0.05) is 32.7 Å². The molecule has 8 heteroatoms. The zero-order valence-electron chi connectivity index (χ0n) is 17.9. The number of amides is 1. The maximum atomic E-state index is 12.8. The fourth-order valence-electron chi connectivity index (χ4n) is 4.84. The van der Waals surface area contributed by atoms with Gasteiger partial charge in [-0.3, -0.25) is 9.69 Å². The van der Waals surface area contributed by atoms with Gasteiger partial charge in [-0.2, -0.15) is 0 Å². The summed E-state index contributed by atoms with van der Waals surface area (Å²) in [7, 11) is 0. The van der Waals surface area contributed by atoms with Crippen molar-refractivity contribution in [1.82, 2.24) is 30.0 Å². The molecule has 0 N–H and O–H groups in total. The Morgan fingerprint density at radius 3 is 2.62 bits per heavy atom. The first-order chi connectivity index (χ1) is 15.7. The monoisotopic (exact) mass is 427 g/mol. The van der Waals surface area contributed by atoms with Crippen LogP contribution in [-0.2, 0) is 17.6 Å². The third kappa shape index (κ3) is 4.12. The molecule has 1 aliphatic carbocycles. The normalized spacial score (nSPS) is 18.3. The number of rotatable bonds is 5. The van der Waals surface area contributed by atoms with Crippen molar-refractivity contribution in [2.75, 3.05) is 32.7 Å². The highest BCUT2D eigenvalue weighted by atomic mass is 16.2. The van der Waals surface area contributed by atoms with Gasteiger partial charge in [0.15, 0.2) is 5.69 Å². The van der Waals surface area contributed by atoms with Crippen LogP contribution >= 0.6 is 0 Å². The molecule has 0 saturated carbocycles. The van der Waals surface area contributed by atoms with E-state index in [1.54, 1.807) is 11.0 Å². The lowest BCUT2D eigenvalue weighted by molar-refractivity contribution is -0.132. The minimum atomic E-state index is 0.174. The molecule has 1 unspecified atom stereocenters. The lowest BCUT2D eigenvalue weighted by Gasteiger charge is -2.36. The Morgan fingerprint density at radius 2 is 1.91 bits per heavy atom. The van der Waals surface area contributed by atoms with Crippen molar-refractivity contribution in [3.63, 3.8) is 0 Å². The summed E-state index contributed by atoms with van der Waals surface area (Å²) < 4.78 is 1.59. The molecule has 1 atom stereocenters. The van der Waals surface area contributed by atoms with Gasteiger partial charge in [-0.05, 0) is 52.4 Å². The number of aromatic nitrogens is 4. The van der Waals surface area contributed by atoms with E-state index in [0.29, 0.717) is 12.3 Å². The molecule has 1 amide bonds. The molecule has 1 saturated heterocycles. The van der Waals surface area contributed by atoms with E-state index in [1.807, 2.05) is 41.3 Å². The Labute approximate surface area is 187 Å². The van der Waals surface area contributed by atoms with Crippen molar-refractivity contribution in [1.29, 1.82) is 0 Å². The summed E-state index contributed by atoms with van der Waals surface area (Å²) in [5.41, 5.74) is 5.27. The average Bonchev–Trinajstić information content (AvgIpc) is 3.51. The van der Waals surface area contributed by atoms with Gasteiger partial charge in [-0.25, -0.2) is 9.53 Å². The van der Waals surface area contributed by atoms with E-state index >= 15 is 0 Å². The van der Waals surface area contributed by atoms with E-state index < -0.39 is 0 Å². The molecule has 0 bridgehead atoms. The minimum Gasteiger partial charge on any atom is -0.340 e. The molecule has 32 heavy (non-hydrogen) atoms. The number of fused-ring (bicyclic) bond motifs is 1. The summed E-state index contributed by atoms with van der Waals surface area (Å²) in [5, 5.41) is 11.2. The van der Waals surface area contributed by atoms with Crippen LogP contribution in [0.2, 0.25) is 0 Å². The quantitative estimate of drug-likeness (QED) is 0.586. The van der Waals surface area contributed by atoms with E-state index in [2.05, 4.69) is 31.3 Å². The molecule has 5 rings (SSSR count). The van der Waals surface area contributed by atoms with Gasteiger partial charge < -0.3 is 4.90 Å². The molecule has 8 nitrogen and oxygen atoms in total. The van der Waals surface area contributed by atoms with Crippen LogP contribution in [-0.4, -0.2) is 68.6 Å². The first-order valence-corrected chi connectivity index (χ1v) is 11.0. The van der Waals surface area contributed by atoms with Crippen LogP contribution in [0.3, 0.4) is 0 Å². The van der Waals surface area contributed by atoms with Gasteiger partial charge in [-0.15, -0.1) is 5.10 Å². The predicted molar refractivity (Wildman–Crippen MR) is 120 cm³/mol. The number of piperazine rings is 1. The summed E-state index contributed by atoms with van der Waals surface area (Å²) in [5.74, 6) is 0.667. The van der Waals surface area contributed by atoms with Crippen LogP contribution in [0.4, 0.5) is 5.69 Å². The van der Waals surface area contributed by atoms with Crippen molar-refractivity contribution in [2.45, 2.75) is 25.2 Å². The van der Waals surface area contributed by atoms with Gasteiger partial charge in [0.25, 0.3) is 0 Å². The maximum Gasteiger partial charge on any atom is 0.227 e. The number of hydrogen-bond donors (Lipinski definition) is 0. The van der Waals surface area contributed by atoms with E-state index in [0.717, 1.165) is 62.5 Å². The highest BCUT2D eigenvalue weighted by Crippen LogP contribution is 2.38.